The molecule has 4 aromatic rings. The number of nitrogens with zero attached hydrogens (tertiary/aromatic N) is 3. The quantitative estimate of drug-likeness (QED) is 0.390. The van der Waals surface area contributed by atoms with Crippen LogP contribution >= 0.6 is 23.2 Å². The van der Waals surface area contributed by atoms with Crippen LogP contribution in [0.4, 0.5) is 5.69 Å². The van der Waals surface area contributed by atoms with Crippen LogP contribution in [0.15, 0.2) is 48.5 Å². The molecule has 1 amide bonds. The average Bonchev–Trinajstić information content (AvgIpc) is 3.04. The van der Waals surface area contributed by atoms with Gasteiger partial charge in [0.25, 0.3) is 0 Å². The van der Waals surface area contributed by atoms with E-state index in [9.17, 15) is 4.79 Å². The highest BCUT2D eigenvalue weighted by molar-refractivity contribution is 6.35. The van der Waals surface area contributed by atoms with Crippen molar-refractivity contribution in [1.82, 2.24) is 14.8 Å². The molecule has 0 atom stereocenters. The van der Waals surface area contributed by atoms with E-state index in [0.717, 1.165) is 39.2 Å². The topological polar surface area (TPSA) is 59.8 Å². The minimum Gasteiger partial charge on any atom is -0.326 e. The van der Waals surface area contributed by atoms with Gasteiger partial charge in [0.05, 0.1) is 11.4 Å². The van der Waals surface area contributed by atoms with Crippen LogP contribution in [0.25, 0.3) is 16.7 Å². The third kappa shape index (κ3) is 4.43. The Morgan fingerprint density at radius 3 is 2.35 bits per heavy atom. The molecule has 2 heterocycles. The van der Waals surface area contributed by atoms with Gasteiger partial charge in [-0.1, -0.05) is 41.4 Å². The molecule has 2 aromatic heterocycles. The molecule has 7 heteroatoms. The summed E-state index contributed by atoms with van der Waals surface area (Å²) in [6, 6.07) is 15.0. The van der Waals surface area contributed by atoms with Gasteiger partial charge in [0.2, 0.25) is 5.91 Å². The maximum absolute atomic E-state index is 12.5. The number of amides is 1. The van der Waals surface area contributed by atoms with Crippen molar-refractivity contribution < 1.29 is 4.79 Å². The molecular formula is C24H22Cl2N4O. The minimum atomic E-state index is -0.103. The Kier molecular flexibility index (Phi) is 5.99. The van der Waals surface area contributed by atoms with Crippen molar-refractivity contribution in [3.8, 4) is 5.69 Å². The van der Waals surface area contributed by atoms with Gasteiger partial charge in [0.1, 0.15) is 0 Å². The molecule has 0 spiro atoms. The van der Waals surface area contributed by atoms with E-state index in [1.807, 2.05) is 48.9 Å². The van der Waals surface area contributed by atoms with Gasteiger partial charge in [-0.15, -0.1) is 0 Å². The SMILES string of the molecule is Cc1nc2c(c(C)nn2-c2ccccc2)c(C)c1CCC(=O)Nc1cc(Cl)cc(Cl)c1. The molecule has 0 unspecified atom stereocenters. The fourth-order valence-corrected chi connectivity index (χ4v) is 4.44. The Morgan fingerprint density at radius 2 is 1.68 bits per heavy atom. The Labute approximate surface area is 191 Å². The first-order valence-electron chi connectivity index (χ1n) is 10.00. The number of aromatic nitrogens is 3. The second kappa shape index (κ2) is 8.69. The summed E-state index contributed by atoms with van der Waals surface area (Å²) >= 11 is 12.0. The number of halogens is 2. The smallest absolute Gasteiger partial charge is 0.224 e. The number of pyridine rings is 1. The van der Waals surface area contributed by atoms with E-state index >= 15 is 0 Å². The summed E-state index contributed by atoms with van der Waals surface area (Å²) < 4.78 is 1.88. The van der Waals surface area contributed by atoms with Crippen LogP contribution < -0.4 is 5.32 Å². The Morgan fingerprint density at radius 1 is 1.00 bits per heavy atom. The number of benzene rings is 2. The lowest BCUT2D eigenvalue weighted by atomic mass is 9.99. The van der Waals surface area contributed by atoms with Gasteiger partial charge in [0, 0.05) is 33.2 Å². The van der Waals surface area contributed by atoms with Gasteiger partial charge in [-0.05, 0) is 68.7 Å². The first-order valence-corrected chi connectivity index (χ1v) is 10.8. The van der Waals surface area contributed by atoms with E-state index in [-0.39, 0.29) is 5.91 Å². The van der Waals surface area contributed by atoms with E-state index in [4.69, 9.17) is 33.3 Å². The number of carbonyl (C=O) groups excluding carboxylic acids is 1. The Balaban J connectivity index is 1.60. The van der Waals surface area contributed by atoms with Crippen LogP contribution in [0.2, 0.25) is 10.0 Å². The molecule has 5 nitrogen and oxygen atoms in total. The van der Waals surface area contributed by atoms with Crippen LogP contribution in [0.1, 0.15) is 28.9 Å². The van der Waals surface area contributed by atoms with Gasteiger partial charge in [-0.3, -0.25) is 4.79 Å². The van der Waals surface area contributed by atoms with Gasteiger partial charge >= 0.3 is 0 Å². The highest BCUT2D eigenvalue weighted by Gasteiger charge is 2.18. The van der Waals surface area contributed by atoms with Crippen molar-refractivity contribution in [2.45, 2.75) is 33.6 Å². The number of nitrogens with one attached hydrogen (secondary N) is 1. The molecule has 0 saturated heterocycles. The first-order chi connectivity index (χ1) is 14.8. The summed E-state index contributed by atoms with van der Waals surface area (Å²) in [5.74, 6) is -0.103. The van der Waals surface area contributed by atoms with E-state index < -0.39 is 0 Å². The van der Waals surface area contributed by atoms with Crippen molar-refractivity contribution >= 4 is 45.8 Å². The fraction of sp³-hybridized carbons (Fsp3) is 0.208. The second-order valence-corrected chi connectivity index (χ2v) is 8.41. The predicted molar refractivity (Wildman–Crippen MR) is 126 cm³/mol. The van der Waals surface area contributed by atoms with Crippen LogP contribution in [0, 0.1) is 20.8 Å². The van der Waals surface area contributed by atoms with Crippen LogP contribution in [-0.4, -0.2) is 20.7 Å². The van der Waals surface area contributed by atoms with Crippen LogP contribution in [-0.2, 0) is 11.2 Å². The van der Waals surface area contributed by atoms with Crippen molar-refractivity contribution in [2.75, 3.05) is 5.32 Å². The Hall–Kier alpha value is -2.89. The molecular weight excluding hydrogens is 431 g/mol. The number of hydrogen-bond acceptors (Lipinski definition) is 3. The largest absolute Gasteiger partial charge is 0.326 e. The van der Waals surface area contributed by atoms with Crippen LogP contribution in [0.3, 0.4) is 0 Å². The standard InChI is InChI=1S/C24H22Cl2N4O/c1-14-21(9-10-22(31)28-19-12-17(25)11-18(26)13-19)15(2)27-24-23(14)16(3)29-30(24)20-7-5-4-6-8-20/h4-8,11-13H,9-10H2,1-3H3,(H,28,31). The van der Waals surface area contributed by atoms with Gasteiger partial charge < -0.3 is 5.32 Å². The normalized spacial score (nSPS) is 11.1. The van der Waals surface area contributed by atoms with E-state index in [1.54, 1.807) is 18.2 Å². The summed E-state index contributed by atoms with van der Waals surface area (Å²) in [4.78, 5) is 17.4. The third-order valence-corrected chi connectivity index (χ3v) is 5.76. The van der Waals surface area contributed by atoms with E-state index in [2.05, 4.69) is 12.2 Å². The van der Waals surface area contributed by atoms with E-state index in [1.165, 1.54) is 0 Å². The predicted octanol–water partition coefficient (Wildman–Crippen LogP) is 6.22. The molecule has 2 aromatic carbocycles. The molecule has 0 radical (unpaired) electrons. The zero-order valence-electron chi connectivity index (χ0n) is 17.5. The zero-order chi connectivity index (χ0) is 22.1. The van der Waals surface area contributed by atoms with Gasteiger partial charge in [-0.25, -0.2) is 9.67 Å². The third-order valence-electron chi connectivity index (χ3n) is 5.32. The summed E-state index contributed by atoms with van der Waals surface area (Å²) in [6.07, 6.45) is 0.904. The molecule has 158 valence electrons. The zero-order valence-corrected chi connectivity index (χ0v) is 19.1. The summed E-state index contributed by atoms with van der Waals surface area (Å²) in [5, 5.41) is 9.58. The van der Waals surface area contributed by atoms with E-state index in [0.29, 0.717) is 28.6 Å². The van der Waals surface area contributed by atoms with Crippen molar-refractivity contribution in [3.05, 3.63) is 81.1 Å². The number of aryl methyl sites for hydroxylation is 3. The molecule has 0 aliphatic rings. The lowest BCUT2D eigenvalue weighted by Crippen LogP contribution is -2.13. The molecule has 0 aliphatic carbocycles. The first kappa shape index (κ1) is 21.3. The van der Waals surface area contributed by atoms with Gasteiger partial charge in [-0.2, -0.15) is 5.10 Å². The number of hydrogen-bond donors (Lipinski definition) is 1. The van der Waals surface area contributed by atoms with Crippen molar-refractivity contribution in [3.63, 3.8) is 0 Å². The molecule has 0 aliphatic heterocycles. The van der Waals surface area contributed by atoms with Crippen molar-refractivity contribution in [1.29, 1.82) is 0 Å². The summed E-state index contributed by atoms with van der Waals surface area (Å²) in [7, 11) is 0. The number of anilines is 1. The summed E-state index contributed by atoms with van der Waals surface area (Å²) in [5.41, 5.74) is 6.40. The maximum atomic E-state index is 12.5. The van der Waals surface area contributed by atoms with Crippen LogP contribution in [0.5, 0.6) is 0 Å². The average molecular weight is 453 g/mol. The molecule has 0 saturated carbocycles. The molecule has 0 bridgehead atoms. The molecule has 0 fully saturated rings. The minimum absolute atomic E-state index is 0.103. The highest BCUT2D eigenvalue weighted by atomic mass is 35.5. The number of rotatable bonds is 5. The Bertz CT molecular complexity index is 1260. The lowest BCUT2D eigenvalue weighted by molar-refractivity contribution is -0.116. The molecule has 1 N–H and O–H groups in total. The molecule has 31 heavy (non-hydrogen) atoms. The monoisotopic (exact) mass is 452 g/mol. The number of para-hydroxylation sites is 1. The lowest BCUT2D eigenvalue weighted by Gasteiger charge is -2.12. The number of carbonyl (C=O) groups is 1. The number of fused-ring (bicyclic) bond motifs is 1. The van der Waals surface area contributed by atoms with Gasteiger partial charge in [0.15, 0.2) is 5.65 Å². The fourth-order valence-electron chi connectivity index (χ4n) is 3.91. The van der Waals surface area contributed by atoms with Crippen molar-refractivity contribution in [2.24, 2.45) is 0 Å². The molecule has 4 rings (SSSR count). The highest BCUT2D eigenvalue weighted by Crippen LogP contribution is 2.28. The summed E-state index contributed by atoms with van der Waals surface area (Å²) in [6.45, 7) is 6.05. The maximum Gasteiger partial charge on any atom is 0.224 e. The second-order valence-electron chi connectivity index (χ2n) is 7.54.